The number of carbonyl (C=O) groups is 3. The molecule has 3 aromatic carbocycles. The van der Waals surface area contributed by atoms with Crippen LogP contribution in [0.25, 0.3) is 32.4 Å². The molecule has 5 aromatic rings. The lowest BCUT2D eigenvalue weighted by Gasteiger charge is -2.39. The van der Waals surface area contributed by atoms with Crippen molar-refractivity contribution < 1.29 is 27.2 Å². The van der Waals surface area contributed by atoms with Crippen LogP contribution in [-0.4, -0.2) is 85.3 Å². The van der Waals surface area contributed by atoms with Crippen molar-refractivity contribution in [3.05, 3.63) is 95.9 Å². The standard InChI is InChI=1S/C43H46FN9O5S2/c1-2-35(60(46,57)58)32-4-3-5-33(37(32)44)38-39(34-16-19-47-43(45)48-34)59-41(50-38)27-8-12-30(13-9-27)52-22-24-53(25-23-52)42(56)28-17-20-51(21-18-28)29-10-6-26(7-11-29)31-14-15-36(54)49-40(31)55/h3-13,16,19,28,31,35H,2,14-15,17-18,20-25H2,1H3,(H2,45,47,48)(H2,46,57,58)(H,49,54,55). The number of nitrogen functional groups attached to an aromatic ring is 1. The van der Waals surface area contributed by atoms with Gasteiger partial charge in [0.15, 0.2) is 0 Å². The summed E-state index contributed by atoms with van der Waals surface area (Å²) >= 11 is 1.32. The van der Waals surface area contributed by atoms with Gasteiger partial charge in [-0.15, -0.1) is 11.3 Å². The number of carbonyl (C=O) groups excluding carboxylic acids is 3. The fourth-order valence-electron chi connectivity index (χ4n) is 8.48. The predicted molar refractivity (Wildman–Crippen MR) is 230 cm³/mol. The number of amides is 3. The molecule has 0 radical (unpaired) electrons. The molecule has 5 N–H and O–H groups in total. The van der Waals surface area contributed by atoms with Crippen LogP contribution in [0.4, 0.5) is 21.7 Å². The molecule has 3 aliphatic rings. The number of rotatable bonds is 10. The average molecular weight is 852 g/mol. The zero-order valence-electron chi connectivity index (χ0n) is 33.1. The van der Waals surface area contributed by atoms with E-state index in [1.54, 1.807) is 25.1 Å². The van der Waals surface area contributed by atoms with Gasteiger partial charge in [0, 0.05) is 85.9 Å². The van der Waals surface area contributed by atoms with E-state index in [9.17, 15) is 22.8 Å². The lowest BCUT2D eigenvalue weighted by molar-refractivity contribution is -0.136. The van der Waals surface area contributed by atoms with Crippen molar-refractivity contribution in [2.75, 3.05) is 54.8 Å². The number of benzene rings is 3. The number of thiazole rings is 1. The Morgan fingerprint density at radius 1 is 0.900 bits per heavy atom. The smallest absolute Gasteiger partial charge is 0.234 e. The number of imide groups is 1. The van der Waals surface area contributed by atoms with Crippen molar-refractivity contribution in [2.45, 2.75) is 50.2 Å². The maximum Gasteiger partial charge on any atom is 0.234 e. The van der Waals surface area contributed by atoms with E-state index in [1.165, 1.54) is 23.6 Å². The Balaban J connectivity index is 0.908. The first-order valence-electron chi connectivity index (χ1n) is 20.1. The predicted octanol–water partition coefficient (Wildman–Crippen LogP) is 5.48. The summed E-state index contributed by atoms with van der Waals surface area (Å²) in [6, 6.07) is 22.2. The normalized spacial score (nSPS) is 18.4. The summed E-state index contributed by atoms with van der Waals surface area (Å²) in [4.78, 5) is 57.9. The van der Waals surface area contributed by atoms with E-state index >= 15 is 4.39 Å². The number of nitrogens with zero attached hydrogens (tertiary/aromatic N) is 6. The zero-order chi connectivity index (χ0) is 42.1. The van der Waals surface area contributed by atoms with Crippen LogP contribution in [0, 0.1) is 11.7 Å². The molecular formula is C43H46FN9O5S2. The third kappa shape index (κ3) is 8.46. The molecule has 0 spiro atoms. The molecule has 3 aliphatic heterocycles. The van der Waals surface area contributed by atoms with Gasteiger partial charge in [0.05, 0.1) is 22.2 Å². The summed E-state index contributed by atoms with van der Waals surface area (Å²) in [5, 5.41) is 7.31. The quantitative estimate of drug-likeness (QED) is 0.151. The number of anilines is 3. The minimum atomic E-state index is -4.07. The number of primary sulfonamides is 1. The number of nitrogens with one attached hydrogen (secondary N) is 1. The Bertz CT molecular complexity index is 2520. The Labute approximate surface area is 351 Å². The van der Waals surface area contributed by atoms with Gasteiger partial charge in [-0.05, 0) is 79.8 Å². The van der Waals surface area contributed by atoms with E-state index in [4.69, 9.17) is 15.9 Å². The summed E-state index contributed by atoms with van der Waals surface area (Å²) in [7, 11) is -4.07. The van der Waals surface area contributed by atoms with Crippen molar-refractivity contribution in [2.24, 2.45) is 11.1 Å². The first-order chi connectivity index (χ1) is 28.9. The van der Waals surface area contributed by atoms with E-state index in [2.05, 4.69) is 25.1 Å². The molecule has 3 fully saturated rings. The third-order valence-corrected chi connectivity index (χ3v) is 14.3. The molecule has 3 saturated heterocycles. The van der Waals surface area contributed by atoms with Crippen LogP contribution in [0.1, 0.15) is 61.3 Å². The van der Waals surface area contributed by atoms with Gasteiger partial charge < -0.3 is 20.4 Å². The van der Waals surface area contributed by atoms with Crippen molar-refractivity contribution in [3.63, 3.8) is 0 Å². The van der Waals surface area contributed by atoms with Crippen molar-refractivity contribution in [1.82, 2.24) is 25.2 Å². The fourth-order valence-corrected chi connectivity index (χ4v) is 10.5. The topological polar surface area (TPSA) is 198 Å². The highest BCUT2D eigenvalue weighted by Crippen LogP contribution is 2.43. The molecule has 0 bridgehead atoms. The highest BCUT2D eigenvalue weighted by molar-refractivity contribution is 7.89. The maximum absolute atomic E-state index is 16.3. The van der Waals surface area contributed by atoms with Crippen LogP contribution in [0.2, 0.25) is 0 Å². The third-order valence-electron chi connectivity index (χ3n) is 11.7. The molecule has 14 nitrogen and oxygen atoms in total. The van der Waals surface area contributed by atoms with Gasteiger partial charge in [0.2, 0.25) is 33.7 Å². The number of piperazine rings is 1. The number of sulfonamides is 1. The summed E-state index contributed by atoms with van der Waals surface area (Å²) in [6.07, 6.45) is 4.03. The highest BCUT2D eigenvalue weighted by Gasteiger charge is 2.33. The van der Waals surface area contributed by atoms with Crippen molar-refractivity contribution in [3.8, 4) is 32.4 Å². The monoisotopic (exact) mass is 851 g/mol. The van der Waals surface area contributed by atoms with Crippen LogP contribution in [0.3, 0.4) is 0 Å². The van der Waals surface area contributed by atoms with Crippen LogP contribution < -0.4 is 26.0 Å². The van der Waals surface area contributed by atoms with Gasteiger partial charge in [-0.2, -0.15) is 0 Å². The second-order valence-corrected chi connectivity index (χ2v) is 18.2. The molecule has 60 heavy (non-hydrogen) atoms. The van der Waals surface area contributed by atoms with Gasteiger partial charge in [-0.25, -0.2) is 32.9 Å². The molecule has 2 aromatic heterocycles. The lowest BCUT2D eigenvalue weighted by atomic mass is 9.90. The molecule has 2 atom stereocenters. The minimum absolute atomic E-state index is 0.0237. The average Bonchev–Trinajstić information content (AvgIpc) is 3.70. The lowest BCUT2D eigenvalue weighted by Crippen LogP contribution is -2.51. The molecular weight excluding hydrogens is 806 g/mol. The molecule has 2 unspecified atom stereocenters. The zero-order valence-corrected chi connectivity index (χ0v) is 34.7. The van der Waals surface area contributed by atoms with Gasteiger partial charge in [0.25, 0.3) is 0 Å². The van der Waals surface area contributed by atoms with Crippen LogP contribution in [0.15, 0.2) is 79.0 Å². The number of hydrogen-bond acceptors (Lipinski definition) is 12. The SMILES string of the molecule is CCC(c1cccc(-c2nc(-c3ccc(N4CCN(C(=O)C5CCN(c6ccc(C7CCC(=O)NC7=O)cc6)CC5)CC4)cc3)sc2-c2ccnc(N)n2)c1F)S(N)(=O)=O. The molecule has 0 aliphatic carbocycles. The van der Waals surface area contributed by atoms with Crippen molar-refractivity contribution >= 4 is 56.4 Å². The Hall–Kier alpha value is -5.78. The van der Waals surface area contributed by atoms with E-state index < -0.39 is 21.1 Å². The number of nitrogens with two attached hydrogens (primary N) is 2. The number of halogens is 1. The van der Waals surface area contributed by atoms with Gasteiger partial charge in [0.1, 0.15) is 16.1 Å². The molecule has 0 saturated carbocycles. The van der Waals surface area contributed by atoms with E-state index in [1.807, 2.05) is 53.4 Å². The second-order valence-electron chi connectivity index (χ2n) is 15.4. The molecule has 8 rings (SSSR count). The fraction of sp³-hybridized carbons (Fsp3) is 0.349. The molecule has 5 heterocycles. The van der Waals surface area contributed by atoms with Crippen molar-refractivity contribution in [1.29, 1.82) is 0 Å². The van der Waals surface area contributed by atoms with E-state index in [0.717, 1.165) is 48.4 Å². The molecule has 17 heteroatoms. The number of piperidine rings is 2. The number of hydrogen-bond donors (Lipinski definition) is 3. The maximum atomic E-state index is 16.3. The summed E-state index contributed by atoms with van der Waals surface area (Å²) in [5.74, 6) is -1.26. The largest absolute Gasteiger partial charge is 0.371 e. The van der Waals surface area contributed by atoms with E-state index in [-0.39, 0.29) is 53.1 Å². The molecule has 3 amide bonds. The Kier molecular flexibility index (Phi) is 11.7. The first kappa shape index (κ1) is 41.0. The van der Waals surface area contributed by atoms with Gasteiger partial charge in [-0.3, -0.25) is 19.7 Å². The molecule has 312 valence electrons. The summed E-state index contributed by atoms with van der Waals surface area (Å²) < 4.78 is 41.0. The van der Waals surface area contributed by atoms with E-state index in [0.29, 0.717) is 60.3 Å². The Morgan fingerprint density at radius 2 is 1.57 bits per heavy atom. The summed E-state index contributed by atoms with van der Waals surface area (Å²) in [5.41, 5.74) is 10.6. The van der Waals surface area contributed by atoms with Crippen LogP contribution >= 0.6 is 11.3 Å². The summed E-state index contributed by atoms with van der Waals surface area (Å²) in [6.45, 7) is 5.82. The second kappa shape index (κ2) is 17.1. The highest BCUT2D eigenvalue weighted by atomic mass is 32.2. The Morgan fingerprint density at radius 3 is 2.20 bits per heavy atom. The van der Waals surface area contributed by atoms with Crippen LogP contribution in [-0.2, 0) is 24.4 Å². The minimum Gasteiger partial charge on any atom is -0.371 e. The first-order valence-corrected chi connectivity index (χ1v) is 22.5. The van der Waals surface area contributed by atoms with Gasteiger partial charge >= 0.3 is 0 Å². The van der Waals surface area contributed by atoms with Gasteiger partial charge in [-0.1, -0.05) is 31.2 Å². The number of aromatic nitrogens is 3. The van der Waals surface area contributed by atoms with Crippen LogP contribution in [0.5, 0.6) is 0 Å².